The standard InChI is InChI=1S/C17H24N2O2/c1-11(2)13-6-5-7-15(8-13)19-10-14(9-16(19)20)17(21)18-12(3)4/h5-8,11-12,14H,9-10H2,1-4H3,(H,18,21)/t14-/m1/s1. The van der Waals surface area contributed by atoms with Gasteiger partial charge in [0.05, 0.1) is 5.92 Å². The van der Waals surface area contributed by atoms with E-state index < -0.39 is 0 Å². The summed E-state index contributed by atoms with van der Waals surface area (Å²) < 4.78 is 0. The second-order valence-corrected chi connectivity index (χ2v) is 6.32. The van der Waals surface area contributed by atoms with Crippen LogP contribution in [-0.2, 0) is 9.59 Å². The van der Waals surface area contributed by atoms with Gasteiger partial charge in [-0.1, -0.05) is 26.0 Å². The first-order valence-electron chi connectivity index (χ1n) is 7.59. The third kappa shape index (κ3) is 3.63. The first-order chi connectivity index (χ1) is 9.88. The van der Waals surface area contributed by atoms with Crippen LogP contribution in [0.3, 0.4) is 0 Å². The SMILES string of the molecule is CC(C)NC(=O)[C@@H]1CC(=O)N(c2cccc(C(C)C)c2)C1. The van der Waals surface area contributed by atoms with Crippen molar-refractivity contribution in [1.29, 1.82) is 0 Å². The number of nitrogens with zero attached hydrogens (tertiary/aromatic N) is 1. The average molecular weight is 288 g/mol. The van der Waals surface area contributed by atoms with Crippen LogP contribution in [0, 0.1) is 5.92 Å². The predicted molar refractivity (Wildman–Crippen MR) is 84.3 cm³/mol. The lowest BCUT2D eigenvalue weighted by Gasteiger charge is -2.19. The fourth-order valence-corrected chi connectivity index (χ4v) is 2.59. The molecule has 2 amide bonds. The summed E-state index contributed by atoms with van der Waals surface area (Å²) in [5, 5.41) is 2.89. The van der Waals surface area contributed by atoms with E-state index in [4.69, 9.17) is 0 Å². The lowest BCUT2D eigenvalue weighted by molar-refractivity contribution is -0.126. The molecule has 1 aromatic carbocycles. The number of nitrogens with one attached hydrogen (secondary N) is 1. The number of hydrogen-bond donors (Lipinski definition) is 1. The second kappa shape index (κ2) is 6.29. The van der Waals surface area contributed by atoms with Gasteiger partial charge in [-0.05, 0) is 37.5 Å². The van der Waals surface area contributed by atoms with Crippen molar-refractivity contribution in [3.05, 3.63) is 29.8 Å². The van der Waals surface area contributed by atoms with Crippen molar-refractivity contribution in [2.45, 2.75) is 46.1 Å². The molecule has 1 aromatic rings. The van der Waals surface area contributed by atoms with E-state index >= 15 is 0 Å². The summed E-state index contributed by atoms with van der Waals surface area (Å²) in [5.41, 5.74) is 2.10. The monoisotopic (exact) mass is 288 g/mol. The number of hydrogen-bond acceptors (Lipinski definition) is 2. The highest BCUT2D eigenvalue weighted by molar-refractivity contribution is 6.00. The molecule has 1 aliphatic heterocycles. The molecule has 1 atom stereocenters. The Morgan fingerprint density at radius 2 is 2.00 bits per heavy atom. The van der Waals surface area contributed by atoms with Crippen LogP contribution in [0.25, 0.3) is 0 Å². The van der Waals surface area contributed by atoms with Gasteiger partial charge in [0.15, 0.2) is 0 Å². The summed E-state index contributed by atoms with van der Waals surface area (Å²) in [6.07, 6.45) is 0.296. The van der Waals surface area contributed by atoms with Gasteiger partial charge in [0.1, 0.15) is 0 Å². The zero-order valence-electron chi connectivity index (χ0n) is 13.2. The van der Waals surface area contributed by atoms with Crippen LogP contribution in [0.2, 0.25) is 0 Å². The van der Waals surface area contributed by atoms with Crippen molar-refractivity contribution in [2.75, 3.05) is 11.4 Å². The van der Waals surface area contributed by atoms with E-state index in [-0.39, 0.29) is 23.8 Å². The highest BCUT2D eigenvalue weighted by Crippen LogP contribution is 2.27. The maximum Gasteiger partial charge on any atom is 0.227 e. The Morgan fingerprint density at radius 1 is 1.29 bits per heavy atom. The summed E-state index contributed by atoms with van der Waals surface area (Å²) in [6.45, 7) is 8.59. The lowest BCUT2D eigenvalue weighted by atomic mass is 10.0. The molecule has 0 unspecified atom stereocenters. The normalized spacial score (nSPS) is 18.7. The molecule has 1 aliphatic rings. The number of carbonyl (C=O) groups is 2. The van der Waals surface area contributed by atoms with E-state index in [1.165, 1.54) is 5.56 Å². The van der Waals surface area contributed by atoms with Gasteiger partial charge in [0, 0.05) is 24.7 Å². The van der Waals surface area contributed by atoms with Crippen LogP contribution in [0.5, 0.6) is 0 Å². The number of rotatable bonds is 4. The Morgan fingerprint density at radius 3 is 2.62 bits per heavy atom. The van der Waals surface area contributed by atoms with Gasteiger partial charge in [0.2, 0.25) is 11.8 Å². The van der Waals surface area contributed by atoms with E-state index in [2.05, 4.69) is 25.2 Å². The van der Waals surface area contributed by atoms with Crippen molar-refractivity contribution >= 4 is 17.5 Å². The van der Waals surface area contributed by atoms with Crippen LogP contribution in [0.1, 0.15) is 45.6 Å². The van der Waals surface area contributed by atoms with Gasteiger partial charge in [-0.3, -0.25) is 9.59 Å². The van der Waals surface area contributed by atoms with Crippen molar-refractivity contribution in [1.82, 2.24) is 5.32 Å². The second-order valence-electron chi connectivity index (χ2n) is 6.32. The summed E-state index contributed by atoms with van der Waals surface area (Å²) in [7, 11) is 0. The molecule has 1 saturated heterocycles. The van der Waals surface area contributed by atoms with Crippen LogP contribution < -0.4 is 10.2 Å². The zero-order valence-corrected chi connectivity index (χ0v) is 13.2. The van der Waals surface area contributed by atoms with Crippen molar-refractivity contribution < 1.29 is 9.59 Å². The molecule has 4 nitrogen and oxygen atoms in total. The van der Waals surface area contributed by atoms with E-state index in [0.29, 0.717) is 18.9 Å². The summed E-state index contributed by atoms with van der Waals surface area (Å²) in [6, 6.07) is 8.13. The molecule has 4 heteroatoms. The number of anilines is 1. The van der Waals surface area contributed by atoms with E-state index in [1.807, 2.05) is 32.0 Å². The Kier molecular flexibility index (Phi) is 4.66. The highest BCUT2D eigenvalue weighted by Gasteiger charge is 2.35. The van der Waals surface area contributed by atoms with E-state index in [0.717, 1.165) is 5.69 Å². The maximum absolute atomic E-state index is 12.2. The number of benzene rings is 1. The Labute approximate surface area is 126 Å². The van der Waals surface area contributed by atoms with Gasteiger partial charge >= 0.3 is 0 Å². The van der Waals surface area contributed by atoms with Crippen molar-refractivity contribution in [3.63, 3.8) is 0 Å². The molecule has 114 valence electrons. The minimum atomic E-state index is -0.248. The molecule has 0 radical (unpaired) electrons. The fourth-order valence-electron chi connectivity index (χ4n) is 2.59. The summed E-state index contributed by atoms with van der Waals surface area (Å²) in [5.74, 6) is 0.172. The number of amides is 2. The molecule has 0 bridgehead atoms. The van der Waals surface area contributed by atoms with Gasteiger partial charge in [-0.25, -0.2) is 0 Å². The Hall–Kier alpha value is -1.84. The summed E-state index contributed by atoms with van der Waals surface area (Å²) >= 11 is 0. The molecule has 0 aliphatic carbocycles. The molecule has 1 fully saturated rings. The van der Waals surface area contributed by atoms with Gasteiger partial charge in [-0.15, -0.1) is 0 Å². The van der Waals surface area contributed by atoms with E-state index in [1.54, 1.807) is 4.90 Å². The quantitative estimate of drug-likeness (QED) is 0.926. The maximum atomic E-state index is 12.2. The molecular weight excluding hydrogens is 264 g/mol. The van der Waals surface area contributed by atoms with Gasteiger partial charge in [-0.2, -0.15) is 0 Å². The molecule has 2 rings (SSSR count). The van der Waals surface area contributed by atoms with Crippen LogP contribution in [0.4, 0.5) is 5.69 Å². The smallest absolute Gasteiger partial charge is 0.227 e. The van der Waals surface area contributed by atoms with Crippen molar-refractivity contribution in [3.8, 4) is 0 Å². The first kappa shape index (κ1) is 15.5. The minimum absolute atomic E-state index is 0.0270. The predicted octanol–water partition coefficient (Wildman–Crippen LogP) is 2.69. The Bertz CT molecular complexity index is 537. The highest BCUT2D eigenvalue weighted by atomic mass is 16.2. The van der Waals surface area contributed by atoms with Crippen LogP contribution >= 0.6 is 0 Å². The lowest BCUT2D eigenvalue weighted by Crippen LogP contribution is -2.36. The van der Waals surface area contributed by atoms with Gasteiger partial charge < -0.3 is 10.2 Å². The molecule has 1 heterocycles. The molecule has 21 heavy (non-hydrogen) atoms. The topological polar surface area (TPSA) is 49.4 Å². The average Bonchev–Trinajstić information content (AvgIpc) is 2.80. The number of carbonyl (C=O) groups excluding carboxylic acids is 2. The van der Waals surface area contributed by atoms with Crippen LogP contribution in [0.15, 0.2) is 24.3 Å². The molecule has 1 N–H and O–H groups in total. The van der Waals surface area contributed by atoms with Gasteiger partial charge in [0.25, 0.3) is 0 Å². The molecular formula is C17H24N2O2. The molecule has 0 spiro atoms. The molecule has 0 aromatic heterocycles. The Balaban J connectivity index is 2.13. The fraction of sp³-hybridized carbons (Fsp3) is 0.529. The van der Waals surface area contributed by atoms with Crippen molar-refractivity contribution in [2.24, 2.45) is 5.92 Å². The third-order valence-electron chi connectivity index (χ3n) is 3.78. The van der Waals surface area contributed by atoms with Crippen LogP contribution in [-0.4, -0.2) is 24.4 Å². The minimum Gasteiger partial charge on any atom is -0.354 e. The summed E-state index contributed by atoms with van der Waals surface area (Å²) in [4.78, 5) is 26.0. The largest absolute Gasteiger partial charge is 0.354 e. The molecule has 0 saturated carbocycles. The van der Waals surface area contributed by atoms with E-state index in [9.17, 15) is 9.59 Å². The third-order valence-corrected chi connectivity index (χ3v) is 3.78. The first-order valence-corrected chi connectivity index (χ1v) is 7.59. The zero-order chi connectivity index (χ0) is 15.6.